The second-order valence-electron chi connectivity index (χ2n) is 4.72. The number of hydrogen-bond donors (Lipinski definition) is 3. The molecule has 1 saturated heterocycles. The van der Waals surface area contributed by atoms with Gasteiger partial charge in [0.05, 0.1) is 6.61 Å². The summed E-state index contributed by atoms with van der Waals surface area (Å²) in [6, 6.07) is 7.21. The lowest BCUT2D eigenvalue weighted by molar-refractivity contribution is -0.151. The van der Waals surface area contributed by atoms with E-state index in [0.29, 0.717) is 19.4 Å². The molecule has 1 aliphatic heterocycles. The van der Waals surface area contributed by atoms with Crippen molar-refractivity contribution in [1.82, 2.24) is 5.32 Å². The van der Waals surface area contributed by atoms with Crippen molar-refractivity contribution in [2.24, 2.45) is 0 Å². The van der Waals surface area contributed by atoms with Crippen molar-refractivity contribution >= 4 is 11.9 Å². The van der Waals surface area contributed by atoms with Crippen LogP contribution in [0.1, 0.15) is 24.0 Å². The van der Waals surface area contributed by atoms with Crippen molar-refractivity contribution in [3.8, 4) is 0 Å². The summed E-state index contributed by atoms with van der Waals surface area (Å²) in [5, 5.41) is 20.4. The van der Waals surface area contributed by atoms with E-state index in [0.717, 1.165) is 11.1 Å². The van der Waals surface area contributed by atoms with Crippen LogP contribution in [0.2, 0.25) is 0 Å². The van der Waals surface area contributed by atoms with Gasteiger partial charge >= 0.3 is 5.97 Å². The predicted molar refractivity (Wildman–Crippen MR) is 69.7 cm³/mol. The maximum atomic E-state index is 11.8. The Morgan fingerprint density at radius 2 is 1.75 bits per heavy atom. The lowest BCUT2D eigenvalue weighted by Gasteiger charge is -2.12. The summed E-state index contributed by atoms with van der Waals surface area (Å²) in [5.41, 5.74) is 1.71. The van der Waals surface area contributed by atoms with Crippen molar-refractivity contribution < 1.29 is 24.5 Å². The number of aliphatic carboxylic acids is 1. The lowest BCUT2D eigenvalue weighted by Crippen LogP contribution is -2.35. The number of carbonyl (C=O) groups is 2. The first kappa shape index (κ1) is 14.5. The fraction of sp³-hybridized carbons (Fsp3) is 0.429. The summed E-state index contributed by atoms with van der Waals surface area (Å²) in [6.07, 6.45) is -0.785. The Balaban J connectivity index is 1.81. The molecule has 1 fully saturated rings. The van der Waals surface area contributed by atoms with Crippen LogP contribution in [0.3, 0.4) is 0 Å². The topological polar surface area (TPSA) is 95.9 Å². The van der Waals surface area contributed by atoms with E-state index in [2.05, 4.69) is 5.32 Å². The summed E-state index contributed by atoms with van der Waals surface area (Å²) < 4.78 is 5.16. The SMILES string of the molecule is O=C(NCc1ccc(CO)cc1)[C@@H]1CC[C@H](C(=O)O)O1. The van der Waals surface area contributed by atoms with Crippen molar-refractivity contribution in [1.29, 1.82) is 0 Å². The van der Waals surface area contributed by atoms with Crippen LogP contribution in [0, 0.1) is 0 Å². The summed E-state index contributed by atoms with van der Waals surface area (Å²) in [4.78, 5) is 22.6. The summed E-state index contributed by atoms with van der Waals surface area (Å²) >= 11 is 0. The van der Waals surface area contributed by atoms with E-state index in [1.807, 2.05) is 12.1 Å². The fourth-order valence-corrected chi connectivity index (χ4v) is 2.08. The van der Waals surface area contributed by atoms with Crippen LogP contribution in [0.5, 0.6) is 0 Å². The first-order valence-electron chi connectivity index (χ1n) is 6.45. The third-order valence-corrected chi connectivity index (χ3v) is 3.26. The summed E-state index contributed by atoms with van der Waals surface area (Å²) in [5.74, 6) is -1.32. The molecular weight excluding hydrogens is 262 g/mol. The highest BCUT2D eigenvalue weighted by Gasteiger charge is 2.34. The van der Waals surface area contributed by atoms with Gasteiger partial charge in [0.15, 0.2) is 6.10 Å². The van der Waals surface area contributed by atoms with Gasteiger partial charge < -0.3 is 20.3 Å². The normalized spacial score (nSPS) is 21.6. The van der Waals surface area contributed by atoms with Crippen LogP contribution in [0.15, 0.2) is 24.3 Å². The van der Waals surface area contributed by atoms with Gasteiger partial charge in [-0.2, -0.15) is 0 Å². The largest absolute Gasteiger partial charge is 0.479 e. The molecule has 6 heteroatoms. The molecule has 1 aromatic rings. The Bertz CT molecular complexity index is 485. The molecule has 3 N–H and O–H groups in total. The highest BCUT2D eigenvalue weighted by molar-refractivity contribution is 5.82. The van der Waals surface area contributed by atoms with E-state index in [1.54, 1.807) is 12.1 Å². The smallest absolute Gasteiger partial charge is 0.332 e. The van der Waals surface area contributed by atoms with Gasteiger partial charge in [0.25, 0.3) is 0 Å². The average molecular weight is 279 g/mol. The molecule has 0 saturated carbocycles. The minimum absolute atomic E-state index is 0.0148. The van der Waals surface area contributed by atoms with Crippen LogP contribution >= 0.6 is 0 Å². The van der Waals surface area contributed by atoms with E-state index in [9.17, 15) is 9.59 Å². The van der Waals surface area contributed by atoms with Gasteiger partial charge in [-0.1, -0.05) is 24.3 Å². The van der Waals surface area contributed by atoms with Crippen LogP contribution in [-0.2, 0) is 27.5 Å². The molecule has 1 amide bonds. The molecule has 1 aliphatic rings. The molecule has 0 aromatic heterocycles. The Morgan fingerprint density at radius 1 is 1.15 bits per heavy atom. The van der Waals surface area contributed by atoms with Gasteiger partial charge in [-0.25, -0.2) is 4.79 Å². The van der Waals surface area contributed by atoms with E-state index in [-0.39, 0.29) is 12.5 Å². The molecule has 2 rings (SSSR count). The number of amides is 1. The molecule has 1 heterocycles. The molecule has 0 aliphatic carbocycles. The predicted octanol–water partition coefficient (Wildman–Crippen LogP) is 0.427. The molecule has 6 nitrogen and oxygen atoms in total. The van der Waals surface area contributed by atoms with Gasteiger partial charge in [-0.15, -0.1) is 0 Å². The zero-order chi connectivity index (χ0) is 14.5. The van der Waals surface area contributed by atoms with Gasteiger partial charge in [0, 0.05) is 6.54 Å². The number of carboxylic acid groups (broad SMARTS) is 1. The Hall–Kier alpha value is -1.92. The molecule has 0 radical (unpaired) electrons. The third-order valence-electron chi connectivity index (χ3n) is 3.26. The maximum absolute atomic E-state index is 11.8. The molecular formula is C14H17NO5. The van der Waals surface area contributed by atoms with Gasteiger partial charge in [0.2, 0.25) is 5.91 Å². The molecule has 1 aromatic carbocycles. The summed E-state index contributed by atoms with van der Waals surface area (Å²) in [7, 11) is 0. The molecule has 2 atom stereocenters. The Labute approximate surface area is 116 Å². The van der Waals surface area contributed by atoms with Crippen LogP contribution in [0.25, 0.3) is 0 Å². The fourth-order valence-electron chi connectivity index (χ4n) is 2.08. The third kappa shape index (κ3) is 3.55. The number of rotatable bonds is 5. The zero-order valence-corrected chi connectivity index (χ0v) is 10.9. The molecule has 20 heavy (non-hydrogen) atoms. The number of aliphatic hydroxyl groups excluding tert-OH is 1. The van der Waals surface area contributed by atoms with Gasteiger partial charge in [-0.05, 0) is 24.0 Å². The van der Waals surface area contributed by atoms with Gasteiger partial charge in [0.1, 0.15) is 6.10 Å². The van der Waals surface area contributed by atoms with Crippen LogP contribution in [0.4, 0.5) is 0 Å². The highest BCUT2D eigenvalue weighted by Crippen LogP contribution is 2.20. The number of hydrogen-bond acceptors (Lipinski definition) is 4. The van der Waals surface area contributed by atoms with E-state index in [4.69, 9.17) is 14.9 Å². The van der Waals surface area contributed by atoms with Crippen molar-refractivity contribution in [3.05, 3.63) is 35.4 Å². The molecule has 108 valence electrons. The monoisotopic (exact) mass is 279 g/mol. The first-order valence-corrected chi connectivity index (χ1v) is 6.45. The van der Waals surface area contributed by atoms with E-state index < -0.39 is 18.2 Å². The standard InChI is InChI=1S/C14H17NO5/c16-8-10-3-1-9(2-4-10)7-15-13(17)11-5-6-12(20-11)14(18)19/h1-4,11-12,16H,5-8H2,(H,15,17)(H,18,19)/t11-,12+/m0/s1. The first-order chi connectivity index (χ1) is 9.60. The Kier molecular flexibility index (Phi) is 4.70. The van der Waals surface area contributed by atoms with Gasteiger partial charge in [-0.3, -0.25) is 4.79 Å². The maximum Gasteiger partial charge on any atom is 0.332 e. The number of nitrogens with one attached hydrogen (secondary N) is 1. The quantitative estimate of drug-likeness (QED) is 0.726. The number of benzene rings is 1. The number of ether oxygens (including phenoxy) is 1. The second kappa shape index (κ2) is 6.49. The number of carbonyl (C=O) groups excluding carboxylic acids is 1. The van der Waals surface area contributed by atoms with Crippen molar-refractivity contribution in [2.75, 3.05) is 0 Å². The van der Waals surface area contributed by atoms with E-state index >= 15 is 0 Å². The number of carboxylic acids is 1. The zero-order valence-electron chi connectivity index (χ0n) is 10.9. The number of aliphatic hydroxyl groups is 1. The molecule has 0 unspecified atom stereocenters. The van der Waals surface area contributed by atoms with E-state index in [1.165, 1.54) is 0 Å². The lowest BCUT2D eigenvalue weighted by atomic mass is 10.1. The van der Waals surface area contributed by atoms with Crippen LogP contribution < -0.4 is 5.32 Å². The molecule has 0 spiro atoms. The second-order valence-corrected chi connectivity index (χ2v) is 4.72. The average Bonchev–Trinajstić information content (AvgIpc) is 2.95. The minimum atomic E-state index is -1.03. The highest BCUT2D eigenvalue weighted by atomic mass is 16.5. The summed E-state index contributed by atoms with van der Waals surface area (Å²) in [6.45, 7) is 0.335. The van der Waals surface area contributed by atoms with Crippen molar-refractivity contribution in [2.45, 2.75) is 38.2 Å². The van der Waals surface area contributed by atoms with Crippen LogP contribution in [-0.4, -0.2) is 34.3 Å². The Morgan fingerprint density at radius 3 is 2.30 bits per heavy atom. The van der Waals surface area contributed by atoms with Crippen molar-refractivity contribution in [3.63, 3.8) is 0 Å². The minimum Gasteiger partial charge on any atom is -0.479 e. The molecule has 0 bridgehead atoms.